The number of nitrogens with two attached hydrogens (primary N) is 1. The molecule has 0 bridgehead atoms. The third-order valence-electron chi connectivity index (χ3n) is 4.25. The Kier molecular flexibility index (Phi) is 2.21. The van der Waals surface area contributed by atoms with Gasteiger partial charge in [-0.15, -0.1) is 0 Å². The van der Waals surface area contributed by atoms with Crippen molar-refractivity contribution < 1.29 is 0 Å². The van der Waals surface area contributed by atoms with Crippen LogP contribution in [0.15, 0.2) is 24.3 Å². The minimum absolute atomic E-state index is 0.142. The van der Waals surface area contributed by atoms with E-state index in [1.165, 1.54) is 43.6 Å². The van der Waals surface area contributed by atoms with Gasteiger partial charge in [0.1, 0.15) is 0 Å². The normalized spacial score (nSPS) is 23.8. The Morgan fingerprint density at radius 2 is 1.81 bits per heavy atom. The molecule has 1 atom stereocenters. The van der Waals surface area contributed by atoms with Gasteiger partial charge in [0, 0.05) is 30.2 Å². The number of benzene rings is 1. The van der Waals surface area contributed by atoms with E-state index in [0.717, 1.165) is 0 Å². The molecule has 2 heteroatoms. The highest BCUT2D eigenvalue weighted by Gasteiger charge is 2.47. The van der Waals surface area contributed by atoms with Crippen LogP contribution in [0.25, 0.3) is 0 Å². The number of anilines is 1. The van der Waals surface area contributed by atoms with E-state index in [0.29, 0.717) is 5.41 Å². The molecule has 0 aromatic heterocycles. The van der Waals surface area contributed by atoms with Gasteiger partial charge < -0.3 is 10.6 Å². The van der Waals surface area contributed by atoms with Crippen molar-refractivity contribution in [3.63, 3.8) is 0 Å². The molecule has 1 saturated carbocycles. The second-order valence-electron chi connectivity index (χ2n) is 5.59. The van der Waals surface area contributed by atoms with Crippen molar-refractivity contribution in [2.45, 2.75) is 32.2 Å². The molecule has 1 spiro atoms. The van der Waals surface area contributed by atoms with Gasteiger partial charge in [-0.25, -0.2) is 0 Å². The van der Waals surface area contributed by atoms with Crippen LogP contribution in [0.4, 0.5) is 5.69 Å². The molecule has 2 N–H and O–H groups in total. The largest absolute Gasteiger partial charge is 0.370 e. The van der Waals surface area contributed by atoms with Gasteiger partial charge in [-0.2, -0.15) is 0 Å². The highest BCUT2D eigenvalue weighted by molar-refractivity contribution is 5.51. The number of nitrogens with zero attached hydrogens (tertiary/aromatic N) is 1. The monoisotopic (exact) mass is 216 g/mol. The molecule has 86 valence electrons. The van der Waals surface area contributed by atoms with Crippen molar-refractivity contribution in [1.29, 1.82) is 0 Å². The number of rotatable bonds is 2. The van der Waals surface area contributed by atoms with Gasteiger partial charge in [0.15, 0.2) is 0 Å². The van der Waals surface area contributed by atoms with Gasteiger partial charge in [0.05, 0.1) is 0 Å². The highest BCUT2D eigenvalue weighted by Crippen LogP contribution is 2.49. The molecule has 1 aliphatic heterocycles. The molecule has 2 fully saturated rings. The van der Waals surface area contributed by atoms with Crippen LogP contribution in [0.5, 0.6) is 0 Å². The first-order chi connectivity index (χ1) is 7.69. The highest BCUT2D eigenvalue weighted by atomic mass is 15.2. The van der Waals surface area contributed by atoms with E-state index >= 15 is 0 Å². The second kappa shape index (κ2) is 3.49. The maximum atomic E-state index is 5.85. The van der Waals surface area contributed by atoms with Crippen molar-refractivity contribution in [2.75, 3.05) is 18.0 Å². The average molecular weight is 216 g/mol. The van der Waals surface area contributed by atoms with E-state index in [9.17, 15) is 0 Å². The Morgan fingerprint density at radius 3 is 2.25 bits per heavy atom. The van der Waals surface area contributed by atoms with Crippen molar-refractivity contribution in [3.8, 4) is 0 Å². The van der Waals surface area contributed by atoms with Crippen LogP contribution in [0, 0.1) is 5.41 Å². The van der Waals surface area contributed by atoms with Gasteiger partial charge in [-0.3, -0.25) is 0 Å². The van der Waals surface area contributed by atoms with E-state index in [-0.39, 0.29) is 6.04 Å². The first-order valence-corrected chi connectivity index (χ1v) is 6.29. The van der Waals surface area contributed by atoms with Gasteiger partial charge in [-0.05, 0) is 37.5 Å². The SMILES string of the molecule is CC(N)c1ccc(N2CC3(CCC3)C2)cc1. The molecule has 0 amide bonds. The van der Waals surface area contributed by atoms with Crippen LogP contribution in [0.1, 0.15) is 37.8 Å². The molecular formula is C14H20N2. The van der Waals surface area contributed by atoms with Crippen LogP contribution in [0.2, 0.25) is 0 Å². The summed E-state index contributed by atoms with van der Waals surface area (Å²) in [4.78, 5) is 2.49. The Morgan fingerprint density at radius 1 is 1.19 bits per heavy atom. The summed E-state index contributed by atoms with van der Waals surface area (Å²) in [5.41, 5.74) is 9.14. The molecule has 2 aliphatic rings. The number of hydrogen-bond acceptors (Lipinski definition) is 2. The van der Waals surface area contributed by atoms with Crippen molar-refractivity contribution in [3.05, 3.63) is 29.8 Å². The molecule has 1 aliphatic carbocycles. The maximum absolute atomic E-state index is 5.85. The summed E-state index contributed by atoms with van der Waals surface area (Å²) < 4.78 is 0. The molecule has 3 rings (SSSR count). The Labute approximate surface area is 97.4 Å². The minimum atomic E-state index is 0.142. The minimum Gasteiger partial charge on any atom is -0.370 e. The van der Waals surface area contributed by atoms with Crippen LogP contribution >= 0.6 is 0 Å². The molecule has 1 unspecified atom stereocenters. The molecule has 1 aromatic rings. The Bertz CT molecular complexity index is 368. The zero-order valence-electron chi connectivity index (χ0n) is 9.95. The smallest absolute Gasteiger partial charge is 0.0366 e. The maximum Gasteiger partial charge on any atom is 0.0366 e. The first-order valence-electron chi connectivity index (χ1n) is 6.29. The van der Waals surface area contributed by atoms with Crippen LogP contribution in [-0.4, -0.2) is 13.1 Å². The summed E-state index contributed by atoms with van der Waals surface area (Å²) >= 11 is 0. The average Bonchev–Trinajstić information content (AvgIpc) is 2.14. The quantitative estimate of drug-likeness (QED) is 0.823. The zero-order chi connectivity index (χ0) is 11.2. The van der Waals surface area contributed by atoms with Crippen LogP contribution in [0.3, 0.4) is 0 Å². The van der Waals surface area contributed by atoms with Gasteiger partial charge in [0.25, 0.3) is 0 Å². The summed E-state index contributed by atoms with van der Waals surface area (Å²) in [6.45, 7) is 4.57. The van der Waals surface area contributed by atoms with E-state index in [1.54, 1.807) is 0 Å². The van der Waals surface area contributed by atoms with E-state index in [2.05, 4.69) is 29.2 Å². The van der Waals surface area contributed by atoms with Gasteiger partial charge in [0.2, 0.25) is 0 Å². The van der Waals surface area contributed by atoms with Crippen LogP contribution < -0.4 is 10.6 Å². The van der Waals surface area contributed by atoms with Crippen LogP contribution in [-0.2, 0) is 0 Å². The van der Waals surface area contributed by atoms with E-state index in [4.69, 9.17) is 5.73 Å². The third kappa shape index (κ3) is 1.52. The lowest BCUT2D eigenvalue weighted by molar-refractivity contribution is 0.0904. The number of hydrogen-bond donors (Lipinski definition) is 1. The first kappa shape index (κ1) is 10.2. The summed E-state index contributed by atoms with van der Waals surface area (Å²) in [6.07, 6.45) is 4.33. The predicted molar refractivity (Wildman–Crippen MR) is 67.5 cm³/mol. The predicted octanol–water partition coefficient (Wildman–Crippen LogP) is 2.70. The molecule has 2 nitrogen and oxygen atoms in total. The summed E-state index contributed by atoms with van der Waals surface area (Å²) in [7, 11) is 0. The topological polar surface area (TPSA) is 29.3 Å². The van der Waals surface area contributed by atoms with Crippen molar-refractivity contribution in [2.24, 2.45) is 11.1 Å². The third-order valence-corrected chi connectivity index (χ3v) is 4.25. The van der Waals surface area contributed by atoms with E-state index in [1.807, 2.05) is 6.92 Å². The fraction of sp³-hybridized carbons (Fsp3) is 0.571. The Balaban J connectivity index is 1.67. The standard InChI is InChI=1S/C14H20N2/c1-11(15)12-3-5-13(6-4-12)16-9-14(10-16)7-2-8-14/h3-6,11H,2,7-10,15H2,1H3. The lowest BCUT2D eigenvalue weighted by Gasteiger charge is -2.57. The fourth-order valence-corrected chi connectivity index (χ4v) is 2.93. The molecule has 1 heterocycles. The lowest BCUT2D eigenvalue weighted by atomic mass is 9.63. The molecule has 0 radical (unpaired) electrons. The molecular weight excluding hydrogens is 196 g/mol. The summed E-state index contributed by atoms with van der Waals surface area (Å²) in [5.74, 6) is 0. The Hall–Kier alpha value is -1.02. The van der Waals surface area contributed by atoms with Crippen molar-refractivity contribution >= 4 is 5.69 Å². The fourth-order valence-electron chi connectivity index (χ4n) is 2.93. The van der Waals surface area contributed by atoms with Crippen molar-refractivity contribution in [1.82, 2.24) is 0 Å². The molecule has 1 aromatic carbocycles. The molecule has 1 saturated heterocycles. The zero-order valence-corrected chi connectivity index (χ0v) is 9.95. The van der Waals surface area contributed by atoms with E-state index < -0.39 is 0 Å². The van der Waals surface area contributed by atoms with Gasteiger partial charge >= 0.3 is 0 Å². The second-order valence-corrected chi connectivity index (χ2v) is 5.59. The lowest BCUT2D eigenvalue weighted by Crippen LogP contribution is -2.59. The summed E-state index contributed by atoms with van der Waals surface area (Å²) in [5, 5.41) is 0. The molecule has 16 heavy (non-hydrogen) atoms. The van der Waals surface area contributed by atoms with Gasteiger partial charge in [-0.1, -0.05) is 18.6 Å². The summed E-state index contributed by atoms with van der Waals surface area (Å²) in [6, 6.07) is 8.88.